The third-order valence-corrected chi connectivity index (χ3v) is 5.41. The molecule has 0 aliphatic heterocycles. The molecule has 0 aliphatic rings. The third-order valence-electron chi connectivity index (χ3n) is 2.74. The summed E-state index contributed by atoms with van der Waals surface area (Å²) in [4.78, 5) is 0.243. The first kappa shape index (κ1) is 17.1. The number of hydrogen-bond donors (Lipinski definition) is 2. The molecule has 20 heavy (non-hydrogen) atoms. The van der Waals surface area contributed by atoms with Crippen LogP contribution in [0.3, 0.4) is 0 Å². The molecule has 0 spiro atoms. The summed E-state index contributed by atoms with van der Waals surface area (Å²) >= 11 is 1.62. The minimum absolute atomic E-state index is 0.139. The van der Waals surface area contributed by atoms with Gasteiger partial charge in [0.15, 0.2) is 0 Å². The lowest BCUT2D eigenvalue weighted by Gasteiger charge is -2.22. The van der Waals surface area contributed by atoms with E-state index in [1.54, 1.807) is 36.0 Å². The van der Waals surface area contributed by atoms with E-state index in [2.05, 4.69) is 16.6 Å². The van der Waals surface area contributed by atoms with Gasteiger partial charge in [0, 0.05) is 16.9 Å². The zero-order valence-corrected chi connectivity index (χ0v) is 13.6. The second-order valence-corrected chi connectivity index (χ2v) is 8.10. The molecular weight excluding hydrogens is 292 g/mol. The fraction of sp³-hybridized carbons (Fsp3) is 0.429. The van der Waals surface area contributed by atoms with Gasteiger partial charge in [-0.05, 0) is 44.4 Å². The molecule has 0 saturated heterocycles. The van der Waals surface area contributed by atoms with Crippen LogP contribution in [0.1, 0.15) is 19.4 Å². The zero-order valence-electron chi connectivity index (χ0n) is 11.9. The summed E-state index contributed by atoms with van der Waals surface area (Å²) in [7, 11) is -3.48. The van der Waals surface area contributed by atoms with E-state index in [1.165, 1.54) is 0 Å². The fourth-order valence-electron chi connectivity index (χ4n) is 1.29. The van der Waals surface area contributed by atoms with Crippen molar-refractivity contribution in [1.82, 2.24) is 4.72 Å². The number of hydrogen-bond acceptors (Lipinski definition) is 4. The maximum atomic E-state index is 12.1. The Balaban J connectivity index is 2.83. The number of benzene rings is 1. The van der Waals surface area contributed by atoms with Crippen LogP contribution in [-0.2, 0) is 10.0 Å². The first-order chi connectivity index (χ1) is 9.30. The van der Waals surface area contributed by atoms with E-state index in [9.17, 15) is 8.42 Å². The molecule has 0 aliphatic carbocycles. The van der Waals surface area contributed by atoms with E-state index in [1.807, 2.05) is 20.1 Å². The van der Waals surface area contributed by atoms with Crippen molar-refractivity contribution in [1.29, 1.82) is 0 Å². The molecule has 1 aromatic carbocycles. The van der Waals surface area contributed by atoms with Crippen LogP contribution >= 0.6 is 11.8 Å². The Hall–Kier alpha value is -1.00. The number of nitrogens with one attached hydrogen (secondary N) is 1. The van der Waals surface area contributed by atoms with Gasteiger partial charge in [0.05, 0.1) is 11.4 Å². The second-order valence-electron chi connectivity index (χ2n) is 4.82. The van der Waals surface area contributed by atoms with Crippen molar-refractivity contribution in [3.8, 4) is 11.8 Å². The van der Waals surface area contributed by atoms with Gasteiger partial charge in [-0.2, -0.15) is 11.8 Å². The highest BCUT2D eigenvalue weighted by molar-refractivity contribution is 8.00. The molecular formula is C14H20N2O2S2. The molecule has 110 valence electrons. The summed E-state index contributed by atoms with van der Waals surface area (Å²) in [6.07, 6.45) is 1.96. The Labute approximate surface area is 125 Å². The fourth-order valence-corrected chi connectivity index (χ4v) is 2.81. The summed E-state index contributed by atoms with van der Waals surface area (Å²) in [5, 5.41) is 0. The number of rotatable bonds is 5. The van der Waals surface area contributed by atoms with Crippen LogP contribution in [0.15, 0.2) is 29.2 Å². The van der Waals surface area contributed by atoms with Gasteiger partial charge < -0.3 is 5.73 Å². The maximum absolute atomic E-state index is 12.1. The van der Waals surface area contributed by atoms with E-state index in [0.29, 0.717) is 6.54 Å². The van der Waals surface area contributed by atoms with Gasteiger partial charge in [-0.15, -0.1) is 0 Å². The predicted molar refractivity (Wildman–Crippen MR) is 85.2 cm³/mol. The maximum Gasteiger partial charge on any atom is 0.240 e. The minimum atomic E-state index is -3.48. The monoisotopic (exact) mass is 312 g/mol. The first-order valence-corrected chi connectivity index (χ1v) is 8.85. The molecule has 0 radical (unpaired) electrons. The topological polar surface area (TPSA) is 72.2 Å². The van der Waals surface area contributed by atoms with E-state index >= 15 is 0 Å². The molecule has 1 aromatic rings. The molecule has 0 aromatic heterocycles. The van der Waals surface area contributed by atoms with E-state index < -0.39 is 10.0 Å². The molecule has 0 fully saturated rings. The van der Waals surface area contributed by atoms with Gasteiger partial charge in [0.2, 0.25) is 10.0 Å². The molecule has 4 nitrogen and oxygen atoms in total. The van der Waals surface area contributed by atoms with Crippen molar-refractivity contribution in [2.75, 3.05) is 19.3 Å². The number of nitrogens with two attached hydrogens (primary N) is 1. The highest BCUT2D eigenvalue weighted by Crippen LogP contribution is 2.20. The van der Waals surface area contributed by atoms with E-state index in [0.717, 1.165) is 5.56 Å². The van der Waals surface area contributed by atoms with Gasteiger partial charge in [0.25, 0.3) is 0 Å². The SMILES string of the molecule is CSC(C)(C)CNS(=O)(=O)c1ccc(C#CCN)cc1. The molecule has 6 heteroatoms. The highest BCUT2D eigenvalue weighted by Gasteiger charge is 2.21. The second kappa shape index (κ2) is 7.14. The van der Waals surface area contributed by atoms with Crippen LogP contribution in [0.4, 0.5) is 0 Å². The summed E-state index contributed by atoms with van der Waals surface area (Å²) in [6.45, 7) is 4.65. The predicted octanol–water partition coefficient (Wildman–Crippen LogP) is 1.42. The molecule has 0 saturated carbocycles. The van der Waals surface area contributed by atoms with Crippen LogP contribution in [0.2, 0.25) is 0 Å². The van der Waals surface area contributed by atoms with Gasteiger partial charge >= 0.3 is 0 Å². The van der Waals surface area contributed by atoms with Gasteiger partial charge in [-0.1, -0.05) is 11.8 Å². The third kappa shape index (κ3) is 5.17. The van der Waals surface area contributed by atoms with Crippen molar-refractivity contribution in [2.24, 2.45) is 5.73 Å². The Kier molecular flexibility index (Phi) is 6.08. The van der Waals surface area contributed by atoms with Crippen LogP contribution < -0.4 is 10.5 Å². The van der Waals surface area contributed by atoms with Crippen molar-refractivity contribution < 1.29 is 8.42 Å². The smallest absolute Gasteiger partial charge is 0.240 e. The minimum Gasteiger partial charge on any atom is -0.320 e. The lowest BCUT2D eigenvalue weighted by molar-refractivity contribution is 0.571. The number of sulfonamides is 1. The number of thioether (sulfide) groups is 1. The summed E-state index contributed by atoms with van der Waals surface area (Å²) in [5.74, 6) is 5.58. The summed E-state index contributed by atoms with van der Waals surface area (Å²) < 4.78 is 26.8. The lowest BCUT2D eigenvalue weighted by atomic mass is 10.2. The first-order valence-electron chi connectivity index (χ1n) is 6.14. The van der Waals surface area contributed by atoms with Crippen molar-refractivity contribution in [3.05, 3.63) is 29.8 Å². The summed E-state index contributed by atoms with van der Waals surface area (Å²) in [6, 6.07) is 6.46. The van der Waals surface area contributed by atoms with E-state index in [4.69, 9.17) is 5.73 Å². The van der Waals surface area contributed by atoms with Crippen molar-refractivity contribution in [3.63, 3.8) is 0 Å². The molecule has 1 rings (SSSR count). The van der Waals surface area contributed by atoms with Crippen LogP contribution in [-0.4, -0.2) is 32.5 Å². The van der Waals surface area contributed by atoms with Crippen LogP contribution in [0.25, 0.3) is 0 Å². The average Bonchev–Trinajstić information content (AvgIpc) is 2.44. The van der Waals surface area contributed by atoms with Crippen molar-refractivity contribution >= 4 is 21.8 Å². The Bertz CT molecular complexity index is 596. The molecule has 0 unspecified atom stereocenters. The largest absolute Gasteiger partial charge is 0.320 e. The molecule has 0 heterocycles. The van der Waals surface area contributed by atoms with E-state index in [-0.39, 0.29) is 16.2 Å². The normalized spacial score (nSPS) is 11.8. The van der Waals surface area contributed by atoms with Crippen molar-refractivity contribution in [2.45, 2.75) is 23.5 Å². The summed E-state index contributed by atoms with van der Waals surface area (Å²) in [5.41, 5.74) is 6.04. The Morgan fingerprint density at radius 2 is 1.90 bits per heavy atom. The molecule has 0 atom stereocenters. The van der Waals surface area contributed by atoms with Gasteiger partial charge in [-0.3, -0.25) is 0 Å². The average molecular weight is 312 g/mol. The molecule has 0 amide bonds. The van der Waals surface area contributed by atoms with Crippen LogP contribution in [0, 0.1) is 11.8 Å². The Morgan fingerprint density at radius 1 is 1.30 bits per heavy atom. The standard InChI is InChI=1S/C14H20N2O2S2/c1-14(2,19-3)11-16-20(17,18)13-8-6-12(7-9-13)5-4-10-15/h6-9,16H,10-11,15H2,1-3H3. The quantitative estimate of drug-likeness (QED) is 0.807. The molecule has 3 N–H and O–H groups in total. The van der Waals surface area contributed by atoms with Gasteiger partial charge in [0.1, 0.15) is 0 Å². The molecule has 0 bridgehead atoms. The lowest BCUT2D eigenvalue weighted by Crippen LogP contribution is -2.36. The highest BCUT2D eigenvalue weighted by atomic mass is 32.2. The van der Waals surface area contributed by atoms with Gasteiger partial charge in [-0.25, -0.2) is 13.1 Å². The Morgan fingerprint density at radius 3 is 2.40 bits per heavy atom. The van der Waals surface area contributed by atoms with Crippen LogP contribution in [0.5, 0.6) is 0 Å². The zero-order chi connectivity index (χ0) is 15.2.